The van der Waals surface area contributed by atoms with Crippen molar-refractivity contribution in [3.05, 3.63) is 65.7 Å². The van der Waals surface area contributed by atoms with Crippen LogP contribution in [0.5, 0.6) is 0 Å². The zero-order valence-corrected chi connectivity index (χ0v) is 25.8. The van der Waals surface area contributed by atoms with E-state index in [1.165, 1.54) is 6.26 Å². The number of likely N-dealkylation sites (N-methyl/N-ethyl adjacent to an activating group) is 1. The summed E-state index contributed by atoms with van der Waals surface area (Å²) in [5.74, 6) is 0.0498. The first-order chi connectivity index (χ1) is 20.1. The van der Waals surface area contributed by atoms with Gasteiger partial charge in [-0.15, -0.1) is 0 Å². The summed E-state index contributed by atoms with van der Waals surface area (Å²) in [5, 5.41) is 10.3. The van der Waals surface area contributed by atoms with E-state index in [1.807, 2.05) is 42.2 Å². The second-order valence-electron chi connectivity index (χ2n) is 11.6. The normalized spacial score (nSPS) is 18.7. The first-order valence-electron chi connectivity index (χ1n) is 15.0. The predicted molar refractivity (Wildman–Crippen MR) is 162 cm³/mol. The maximum Gasteiger partial charge on any atom is 0.408 e. The average Bonchev–Trinajstić information content (AvgIpc) is 2.98. The number of piperidine rings is 1. The molecule has 230 valence electrons. The maximum absolute atomic E-state index is 13.3. The van der Waals surface area contributed by atoms with Crippen LogP contribution in [-0.2, 0) is 25.8 Å². The van der Waals surface area contributed by atoms with Gasteiger partial charge in [0.25, 0.3) is 0 Å². The molecule has 0 aliphatic carbocycles. The van der Waals surface area contributed by atoms with E-state index in [9.17, 15) is 23.1 Å². The predicted octanol–water partition coefficient (Wildman–Crippen LogP) is 4.62. The number of benzene rings is 2. The number of carboxylic acid groups (broad SMARTS) is 1. The van der Waals surface area contributed by atoms with Crippen LogP contribution in [0, 0.1) is 0 Å². The number of carbonyl (C=O) groups excluding carboxylic acids is 1. The van der Waals surface area contributed by atoms with Crippen LogP contribution >= 0.6 is 0 Å². The smallest absolute Gasteiger partial charge is 0.408 e. The van der Waals surface area contributed by atoms with Crippen molar-refractivity contribution in [2.45, 2.75) is 81.4 Å². The Morgan fingerprint density at radius 1 is 0.976 bits per heavy atom. The lowest BCUT2D eigenvalue weighted by molar-refractivity contribution is -0.133. The van der Waals surface area contributed by atoms with Crippen molar-refractivity contribution in [3.8, 4) is 0 Å². The Hall–Kier alpha value is -2.95. The van der Waals surface area contributed by atoms with Gasteiger partial charge in [0, 0.05) is 57.2 Å². The highest BCUT2D eigenvalue weighted by atomic mass is 32.2. The highest BCUT2D eigenvalue weighted by Gasteiger charge is 2.36. The Morgan fingerprint density at radius 3 is 2.14 bits per heavy atom. The number of hydrogen-bond acceptors (Lipinski definition) is 6. The molecule has 10 heteroatoms. The van der Waals surface area contributed by atoms with E-state index in [2.05, 4.69) is 11.8 Å². The molecule has 2 amide bonds. The fourth-order valence-corrected chi connectivity index (χ4v) is 7.10. The first kappa shape index (κ1) is 32.0. The molecular formula is C32H45N3O6S. The number of rotatable bonds is 11. The van der Waals surface area contributed by atoms with Gasteiger partial charge in [0.05, 0.1) is 17.4 Å². The van der Waals surface area contributed by atoms with Gasteiger partial charge in [-0.05, 0) is 69.2 Å². The third-order valence-corrected chi connectivity index (χ3v) is 9.95. The Morgan fingerprint density at radius 2 is 1.60 bits per heavy atom. The van der Waals surface area contributed by atoms with Gasteiger partial charge in [0.1, 0.15) is 0 Å². The van der Waals surface area contributed by atoms with Gasteiger partial charge in [-0.2, -0.15) is 0 Å². The van der Waals surface area contributed by atoms with E-state index in [4.69, 9.17) is 4.74 Å². The van der Waals surface area contributed by atoms with Crippen molar-refractivity contribution in [2.75, 3.05) is 39.1 Å². The fourth-order valence-electron chi connectivity index (χ4n) is 6.47. The lowest BCUT2D eigenvalue weighted by atomic mass is 9.93. The van der Waals surface area contributed by atoms with Gasteiger partial charge in [-0.1, -0.05) is 42.5 Å². The summed E-state index contributed by atoms with van der Waals surface area (Å²) in [4.78, 5) is 32.1. The molecule has 2 unspecified atom stereocenters. The number of amides is 2. The molecule has 1 N–H and O–H groups in total. The molecule has 0 saturated carbocycles. The third kappa shape index (κ3) is 8.11. The molecule has 2 aromatic rings. The number of sulfone groups is 1. The molecule has 42 heavy (non-hydrogen) atoms. The van der Waals surface area contributed by atoms with Crippen LogP contribution in [0.2, 0.25) is 0 Å². The minimum absolute atomic E-state index is 0.0498. The molecular weight excluding hydrogens is 554 g/mol. The molecule has 2 saturated heterocycles. The number of nitrogens with zero attached hydrogens (tertiary/aromatic N) is 3. The van der Waals surface area contributed by atoms with Gasteiger partial charge >= 0.3 is 6.09 Å². The minimum Gasteiger partial charge on any atom is -0.465 e. The summed E-state index contributed by atoms with van der Waals surface area (Å²) < 4.78 is 29.0. The zero-order valence-electron chi connectivity index (χ0n) is 25.0. The summed E-state index contributed by atoms with van der Waals surface area (Å²) in [6.45, 7) is 7.64. The molecule has 2 fully saturated rings. The molecule has 9 nitrogen and oxygen atoms in total. The van der Waals surface area contributed by atoms with Crippen molar-refractivity contribution in [2.24, 2.45) is 0 Å². The van der Waals surface area contributed by atoms with E-state index < -0.39 is 15.9 Å². The molecule has 2 aromatic carbocycles. The lowest BCUT2D eigenvalue weighted by Crippen LogP contribution is -2.51. The standard InChI is InChI=1S/C32H45N3O6S/c1-4-34(31(36)23-25-10-12-29(13-11-25)42(3,39)40)27-14-18-33(19-15-27)24(2)22-30(26-8-6-5-7-9-26)35(32(37)38)28-16-20-41-21-17-28/h5-13,24,27-28,30H,4,14-23H2,1-3H3,(H,37,38). The van der Waals surface area contributed by atoms with Crippen LogP contribution in [0.1, 0.15) is 63.1 Å². The number of ether oxygens (including phenoxy) is 1. The van der Waals surface area contributed by atoms with Crippen molar-refractivity contribution < 1.29 is 27.9 Å². The van der Waals surface area contributed by atoms with Gasteiger partial charge in [0.15, 0.2) is 9.84 Å². The van der Waals surface area contributed by atoms with E-state index in [0.717, 1.165) is 37.1 Å². The number of carbonyl (C=O) groups is 2. The minimum atomic E-state index is -3.27. The topological polar surface area (TPSA) is 107 Å². The molecule has 0 radical (unpaired) electrons. The number of likely N-dealkylation sites (tertiary alicyclic amines) is 1. The maximum atomic E-state index is 13.3. The second kappa shape index (κ2) is 14.5. The molecule has 0 aromatic heterocycles. The lowest BCUT2D eigenvalue weighted by Gasteiger charge is -2.43. The SMILES string of the molecule is CCN(C(=O)Cc1ccc(S(C)(=O)=O)cc1)C1CCN(C(C)CC(c2ccccc2)N(C(=O)O)C2CCOCC2)CC1. The van der Waals surface area contributed by atoms with E-state index in [0.29, 0.717) is 39.0 Å². The van der Waals surface area contributed by atoms with Crippen molar-refractivity contribution in [1.82, 2.24) is 14.7 Å². The molecule has 2 heterocycles. The Labute approximate surface area is 250 Å². The Balaban J connectivity index is 1.38. The van der Waals surface area contributed by atoms with Crippen LogP contribution in [-0.4, -0.2) is 97.5 Å². The average molecular weight is 600 g/mol. The van der Waals surface area contributed by atoms with Crippen LogP contribution in [0.25, 0.3) is 0 Å². The Kier molecular flexibility index (Phi) is 11.0. The fraction of sp³-hybridized carbons (Fsp3) is 0.562. The van der Waals surface area contributed by atoms with Gasteiger partial charge in [-0.25, -0.2) is 13.2 Å². The summed E-state index contributed by atoms with van der Waals surface area (Å²) in [7, 11) is -3.27. The molecule has 2 atom stereocenters. The summed E-state index contributed by atoms with van der Waals surface area (Å²) in [5.41, 5.74) is 1.82. The summed E-state index contributed by atoms with van der Waals surface area (Å²) in [6.07, 6.45) is 4.35. The summed E-state index contributed by atoms with van der Waals surface area (Å²) in [6, 6.07) is 16.5. The Bertz CT molecular complexity index is 1270. The van der Waals surface area contributed by atoms with Crippen LogP contribution in [0.4, 0.5) is 4.79 Å². The van der Waals surface area contributed by atoms with Crippen LogP contribution < -0.4 is 0 Å². The summed E-state index contributed by atoms with van der Waals surface area (Å²) >= 11 is 0. The van der Waals surface area contributed by atoms with E-state index in [-0.39, 0.29) is 41.4 Å². The van der Waals surface area contributed by atoms with Gasteiger partial charge in [-0.3, -0.25) is 9.69 Å². The van der Waals surface area contributed by atoms with Crippen LogP contribution in [0.3, 0.4) is 0 Å². The van der Waals surface area contributed by atoms with Crippen molar-refractivity contribution in [3.63, 3.8) is 0 Å². The quantitative estimate of drug-likeness (QED) is 0.402. The molecule has 0 bridgehead atoms. The largest absolute Gasteiger partial charge is 0.465 e. The first-order valence-corrected chi connectivity index (χ1v) is 16.9. The van der Waals surface area contributed by atoms with Gasteiger partial charge < -0.3 is 19.6 Å². The molecule has 4 rings (SSSR count). The molecule has 2 aliphatic rings. The monoisotopic (exact) mass is 599 g/mol. The zero-order chi connectivity index (χ0) is 30.3. The number of hydrogen-bond donors (Lipinski definition) is 1. The highest BCUT2D eigenvalue weighted by Crippen LogP contribution is 2.33. The van der Waals surface area contributed by atoms with Gasteiger partial charge in [0.2, 0.25) is 5.91 Å². The van der Waals surface area contributed by atoms with Crippen LogP contribution in [0.15, 0.2) is 59.5 Å². The highest BCUT2D eigenvalue weighted by molar-refractivity contribution is 7.90. The van der Waals surface area contributed by atoms with E-state index in [1.54, 1.807) is 29.2 Å². The molecule has 0 spiro atoms. The molecule has 2 aliphatic heterocycles. The van der Waals surface area contributed by atoms with Crippen molar-refractivity contribution >= 4 is 21.8 Å². The van der Waals surface area contributed by atoms with E-state index >= 15 is 0 Å². The second-order valence-corrected chi connectivity index (χ2v) is 13.6. The van der Waals surface area contributed by atoms with Crippen molar-refractivity contribution in [1.29, 1.82) is 0 Å². The third-order valence-electron chi connectivity index (χ3n) is 8.82.